The number of carboxylic acids is 3. The molecule has 11 nitrogen and oxygen atoms in total. The molecule has 2 aromatic rings. The number of pyridine rings is 2. The minimum Gasteiger partial charge on any atom is -0.485 e. The number of likely N-dealkylation sites (tertiary alicyclic amines) is 1. The van der Waals surface area contributed by atoms with Crippen LogP contribution in [0.5, 0.6) is 5.75 Å². The van der Waals surface area contributed by atoms with Crippen molar-refractivity contribution in [2.75, 3.05) is 13.2 Å². The average Bonchev–Trinajstić information content (AvgIpc) is 3.26. The summed E-state index contributed by atoms with van der Waals surface area (Å²) >= 11 is 0. The number of nitrogens with zero attached hydrogens (tertiary/aromatic N) is 3. The van der Waals surface area contributed by atoms with Gasteiger partial charge in [-0.25, -0.2) is 14.4 Å². The van der Waals surface area contributed by atoms with Crippen LogP contribution in [0.15, 0.2) is 48.9 Å². The summed E-state index contributed by atoms with van der Waals surface area (Å²) in [6, 6.07) is 10.3. The fourth-order valence-electron chi connectivity index (χ4n) is 3.58. The van der Waals surface area contributed by atoms with E-state index in [0.29, 0.717) is 6.04 Å². The molecule has 0 spiro atoms. The van der Waals surface area contributed by atoms with Crippen LogP contribution in [0.25, 0.3) is 0 Å². The van der Waals surface area contributed by atoms with Gasteiger partial charge in [-0.2, -0.15) is 39.5 Å². The van der Waals surface area contributed by atoms with Crippen LogP contribution in [-0.4, -0.2) is 98.0 Å². The van der Waals surface area contributed by atoms with Crippen LogP contribution in [0.4, 0.5) is 39.5 Å². The highest BCUT2D eigenvalue weighted by molar-refractivity contribution is 5.73. The Balaban J connectivity index is 0.000000379. The van der Waals surface area contributed by atoms with Gasteiger partial charge in [0.1, 0.15) is 18.0 Å². The average molecular weight is 653 g/mol. The number of hydrogen-bond donors (Lipinski definition) is 3. The summed E-state index contributed by atoms with van der Waals surface area (Å²) in [5.74, 6) is -7.46. The molecule has 2 saturated heterocycles. The molecule has 0 radical (unpaired) electrons. The Morgan fingerprint density at radius 2 is 1.41 bits per heavy atom. The smallest absolute Gasteiger partial charge is 0.485 e. The van der Waals surface area contributed by atoms with Crippen molar-refractivity contribution in [1.82, 2.24) is 14.9 Å². The number of hydrogen-bond acceptors (Lipinski definition) is 8. The van der Waals surface area contributed by atoms with E-state index in [4.69, 9.17) is 39.2 Å². The summed E-state index contributed by atoms with van der Waals surface area (Å²) < 4.78 is 107. The SMILES string of the molecule is O=C(O)C(F)(F)F.O=C(O)C(F)(F)F.O=C(O)C(F)(F)F.c1ccc(CN2C[C@H](Oc3cccnc3)[C@H]3OCCC[C@@H]32)nc1. The quantitative estimate of drug-likeness (QED) is 0.407. The first-order valence-electron chi connectivity index (χ1n) is 12.0. The third-order valence-electron chi connectivity index (χ3n) is 5.32. The molecule has 44 heavy (non-hydrogen) atoms. The van der Waals surface area contributed by atoms with E-state index in [0.717, 1.165) is 44.0 Å². The largest absolute Gasteiger partial charge is 0.490 e. The van der Waals surface area contributed by atoms with Gasteiger partial charge in [0, 0.05) is 38.1 Å². The van der Waals surface area contributed by atoms with Crippen LogP contribution in [0, 0.1) is 0 Å². The first-order chi connectivity index (χ1) is 20.2. The summed E-state index contributed by atoms with van der Waals surface area (Å²) in [6.45, 7) is 2.53. The van der Waals surface area contributed by atoms with Gasteiger partial charge in [0.15, 0.2) is 0 Å². The predicted octanol–water partition coefficient (Wildman–Crippen LogP) is 4.19. The van der Waals surface area contributed by atoms with Crippen molar-refractivity contribution >= 4 is 17.9 Å². The lowest BCUT2D eigenvalue weighted by Gasteiger charge is -2.32. The molecular formula is C24H24F9N3O8. The predicted molar refractivity (Wildman–Crippen MR) is 127 cm³/mol. The van der Waals surface area contributed by atoms with Gasteiger partial charge in [-0.3, -0.25) is 14.9 Å². The maximum absolute atomic E-state index is 10.6. The van der Waals surface area contributed by atoms with Gasteiger partial charge >= 0.3 is 36.4 Å². The Morgan fingerprint density at radius 3 is 1.84 bits per heavy atom. The highest BCUT2D eigenvalue weighted by atomic mass is 19.4. The Morgan fingerprint density at radius 1 is 0.864 bits per heavy atom. The second-order valence-corrected chi connectivity index (χ2v) is 8.55. The lowest BCUT2D eigenvalue weighted by atomic mass is 10.0. The fourth-order valence-corrected chi connectivity index (χ4v) is 3.58. The monoisotopic (exact) mass is 653 g/mol. The summed E-state index contributed by atoms with van der Waals surface area (Å²) in [7, 11) is 0. The molecule has 0 saturated carbocycles. The molecule has 0 bridgehead atoms. The number of carboxylic acid groups (broad SMARTS) is 3. The molecule has 246 valence electrons. The van der Waals surface area contributed by atoms with Crippen LogP contribution in [0.3, 0.4) is 0 Å². The molecule has 2 fully saturated rings. The molecule has 0 aromatic carbocycles. The van der Waals surface area contributed by atoms with Crippen LogP contribution in [0.1, 0.15) is 18.5 Å². The number of halogens is 9. The fraction of sp³-hybridized carbons (Fsp3) is 0.458. The van der Waals surface area contributed by atoms with E-state index in [1.807, 2.05) is 30.5 Å². The van der Waals surface area contributed by atoms with E-state index in [2.05, 4.69) is 20.9 Å². The molecule has 20 heteroatoms. The van der Waals surface area contributed by atoms with E-state index in [-0.39, 0.29) is 12.2 Å². The second kappa shape index (κ2) is 16.6. The first-order valence-corrected chi connectivity index (χ1v) is 12.0. The minimum absolute atomic E-state index is 0.0493. The number of rotatable bonds is 4. The third kappa shape index (κ3) is 13.8. The molecular weight excluding hydrogens is 629 g/mol. The summed E-state index contributed by atoms with van der Waals surface area (Å²) in [5.41, 5.74) is 1.10. The maximum atomic E-state index is 10.6. The molecule has 0 unspecified atom stereocenters. The summed E-state index contributed by atoms with van der Waals surface area (Å²) in [4.78, 5) is 37.7. The van der Waals surface area contributed by atoms with Crippen molar-refractivity contribution in [3.05, 3.63) is 54.6 Å². The number of fused-ring (bicyclic) bond motifs is 1. The zero-order chi connectivity index (χ0) is 33.7. The summed E-state index contributed by atoms with van der Waals surface area (Å²) in [5, 5.41) is 21.4. The second-order valence-electron chi connectivity index (χ2n) is 8.55. The van der Waals surface area contributed by atoms with Gasteiger partial charge in [0.2, 0.25) is 0 Å². The van der Waals surface area contributed by atoms with Crippen LogP contribution in [-0.2, 0) is 25.7 Å². The minimum atomic E-state index is -5.08. The Kier molecular flexibility index (Phi) is 14.3. The number of aliphatic carboxylic acids is 3. The van der Waals surface area contributed by atoms with Gasteiger partial charge in [-0.05, 0) is 37.1 Å². The van der Waals surface area contributed by atoms with E-state index < -0.39 is 36.4 Å². The van der Waals surface area contributed by atoms with Crippen LogP contribution >= 0.6 is 0 Å². The molecule has 3 N–H and O–H groups in total. The maximum Gasteiger partial charge on any atom is 0.490 e. The lowest BCUT2D eigenvalue weighted by molar-refractivity contribution is -0.193. The number of carbonyl (C=O) groups is 3. The van der Waals surface area contributed by atoms with Crippen LogP contribution < -0.4 is 4.74 Å². The van der Waals surface area contributed by atoms with Crippen molar-refractivity contribution in [2.24, 2.45) is 0 Å². The molecule has 2 aliphatic heterocycles. The van der Waals surface area contributed by atoms with Crippen molar-refractivity contribution in [1.29, 1.82) is 0 Å². The molecule has 4 heterocycles. The van der Waals surface area contributed by atoms with Gasteiger partial charge in [-0.15, -0.1) is 0 Å². The third-order valence-corrected chi connectivity index (χ3v) is 5.32. The standard InChI is InChI=1S/C18H21N3O2.3C2HF3O2/c1-2-9-20-14(5-1)12-21-13-17(18-16(21)7-4-10-22-18)23-15-6-3-8-19-11-15;3*3-2(4,5)1(6)7/h1-3,5-6,8-9,11,16-18H,4,7,10,12-13H2;3*(H,6,7)/t16-,17-,18-;;;/m0.../s1. The molecule has 2 aliphatic rings. The zero-order valence-corrected chi connectivity index (χ0v) is 22.0. The van der Waals surface area contributed by atoms with Gasteiger partial charge in [-0.1, -0.05) is 6.07 Å². The normalized spacial score (nSPS) is 19.8. The van der Waals surface area contributed by atoms with Crippen molar-refractivity contribution in [3.63, 3.8) is 0 Å². The molecule has 2 aromatic heterocycles. The Hall–Kier alpha value is -4.20. The van der Waals surface area contributed by atoms with Gasteiger partial charge in [0.05, 0.1) is 11.9 Å². The van der Waals surface area contributed by atoms with E-state index in [1.165, 1.54) is 0 Å². The van der Waals surface area contributed by atoms with Crippen molar-refractivity contribution in [3.8, 4) is 5.75 Å². The van der Waals surface area contributed by atoms with Crippen molar-refractivity contribution < 1.29 is 78.7 Å². The molecule has 3 atom stereocenters. The zero-order valence-electron chi connectivity index (χ0n) is 22.0. The number of alkyl halides is 9. The number of aromatic nitrogens is 2. The lowest BCUT2D eigenvalue weighted by Crippen LogP contribution is -2.42. The van der Waals surface area contributed by atoms with Gasteiger partial charge < -0.3 is 24.8 Å². The van der Waals surface area contributed by atoms with E-state index in [9.17, 15) is 39.5 Å². The molecule has 4 rings (SSSR count). The van der Waals surface area contributed by atoms with Crippen LogP contribution in [0.2, 0.25) is 0 Å². The van der Waals surface area contributed by atoms with E-state index >= 15 is 0 Å². The topological polar surface area (TPSA) is 159 Å². The molecule has 0 aliphatic carbocycles. The van der Waals surface area contributed by atoms with E-state index in [1.54, 1.807) is 12.4 Å². The van der Waals surface area contributed by atoms with Gasteiger partial charge in [0.25, 0.3) is 0 Å². The highest BCUT2D eigenvalue weighted by Gasteiger charge is 2.45. The van der Waals surface area contributed by atoms with Crippen molar-refractivity contribution in [2.45, 2.75) is 56.2 Å². The number of ether oxygens (including phenoxy) is 2. The summed E-state index contributed by atoms with van der Waals surface area (Å²) in [6.07, 6.45) is -7.43. The Bertz CT molecular complexity index is 1070. The Labute approximate surface area is 241 Å². The first kappa shape index (κ1) is 37.8. The highest BCUT2D eigenvalue weighted by Crippen LogP contribution is 2.32. The molecule has 0 amide bonds.